The van der Waals surface area contributed by atoms with Gasteiger partial charge in [-0.25, -0.2) is 0 Å². The highest BCUT2D eigenvalue weighted by Crippen LogP contribution is 2.23. The number of benzene rings is 3. The van der Waals surface area contributed by atoms with Crippen LogP contribution in [0.3, 0.4) is 0 Å². The SMILES string of the molecule is CC(=O)N(CC(=O)Nc1ccc(Oc2ccccc2)cc1)c1ccc(Cl)cc1. The van der Waals surface area contributed by atoms with Crippen LogP contribution in [0.2, 0.25) is 5.02 Å². The van der Waals surface area contributed by atoms with E-state index in [0.717, 1.165) is 5.75 Å². The number of nitrogens with one attached hydrogen (secondary N) is 1. The zero-order chi connectivity index (χ0) is 19.9. The van der Waals surface area contributed by atoms with Crippen LogP contribution < -0.4 is 15.0 Å². The van der Waals surface area contributed by atoms with Crippen molar-refractivity contribution in [3.63, 3.8) is 0 Å². The van der Waals surface area contributed by atoms with E-state index in [0.29, 0.717) is 22.1 Å². The average molecular weight is 395 g/mol. The maximum absolute atomic E-state index is 12.4. The van der Waals surface area contributed by atoms with E-state index in [1.165, 1.54) is 11.8 Å². The summed E-state index contributed by atoms with van der Waals surface area (Å²) in [5.41, 5.74) is 1.23. The number of hydrogen-bond acceptors (Lipinski definition) is 3. The van der Waals surface area contributed by atoms with Crippen molar-refractivity contribution in [2.24, 2.45) is 0 Å². The fraction of sp³-hybridized carbons (Fsp3) is 0.0909. The summed E-state index contributed by atoms with van der Waals surface area (Å²) in [4.78, 5) is 25.7. The van der Waals surface area contributed by atoms with Gasteiger partial charge in [0.1, 0.15) is 18.0 Å². The van der Waals surface area contributed by atoms with Crippen molar-refractivity contribution in [3.05, 3.63) is 83.9 Å². The highest BCUT2D eigenvalue weighted by atomic mass is 35.5. The average Bonchev–Trinajstić information content (AvgIpc) is 2.69. The standard InChI is InChI=1S/C22H19ClN2O3/c1-16(26)25(19-11-7-17(23)8-12-19)15-22(27)24-18-9-13-21(14-10-18)28-20-5-3-2-4-6-20/h2-14H,15H2,1H3,(H,24,27). The van der Waals surface area contributed by atoms with Gasteiger partial charge in [0.15, 0.2) is 0 Å². The Kier molecular flexibility index (Phi) is 6.29. The lowest BCUT2D eigenvalue weighted by molar-refractivity contribution is -0.120. The molecule has 0 fully saturated rings. The number of para-hydroxylation sites is 1. The van der Waals surface area contributed by atoms with Crippen molar-refractivity contribution in [3.8, 4) is 11.5 Å². The van der Waals surface area contributed by atoms with Crippen LogP contribution in [0, 0.1) is 0 Å². The number of amides is 2. The fourth-order valence-electron chi connectivity index (χ4n) is 2.58. The highest BCUT2D eigenvalue weighted by molar-refractivity contribution is 6.30. The lowest BCUT2D eigenvalue weighted by Gasteiger charge is -2.20. The zero-order valence-electron chi connectivity index (χ0n) is 15.3. The minimum Gasteiger partial charge on any atom is -0.457 e. The molecule has 0 radical (unpaired) electrons. The van der Waals surface area contributed by atoms with Gasteiger partial charge in [-0.05, 0) is 60.7 Å². The first kappa shape index (κ1) is 19.5. The van der Waals surface area contributed by atoms with Gasteiger partial charge in [-0.1, -0.05) is 29.8 Å². The van der Waals surface area contributed by atoms with E-state index in [1.54, 1.807) is 48.5 Å². The molecule has 1 N–H and O–H groups in total. The third kappa shape index (κ3) is 5.34. The Morgan fingerprint density at radius 1 is 0.893 bits per heavy atom. The third-order valence-electron chi connectivity index (χ3n) is 3.94. The molecule has 3 aromatic carbocycles. The van der Waals surface area contributed by atoms with Crippen LogP contribution in [-0.2, 0) is 9.59 Å². The number of rotatable bonds is 6. The van der Waals surface area contributed by atoms with Crippen molar-refractivity contribution in [2.75, 3.05) is 16.8 Å². The van der Waals surface area contributed by atoms with Crippen molar-refractivity contribution in [2.45, 2.75) is 6.92 Å². The van der Waals surface area contributed by atoms with E-state index in [4.69, 9.17) is 16.3 Å². The number of ether oxygens (including phenoxy) is 1. The van der Waals surface area contributed by atoms with E-state index < -0.39 is 0 Å². The molecule has 0 aromatic heterocycles. The molecule has 2 amide bonds. The van der Waals surface area contributed by atoms with Crippen molar-refractivity contribution in [1.29, 1.82) is 0 Å². The van der Waals surface area contributed by atoms with Gasteiger partial charge in [0.2, 0.25) is 11.8 Å². The number of carbonyl (C=O) groups is 2. The van der Waals surface area contributed by atoms with E-state index in [-0.39, 0.29) is 18.4 Å². The normalized spacial score (nSPS) is 10.2. The smallest absolute Gasteiger partial charge is 0.244 e. The molecule has 3 rings (SSSR count). The molecule has 0 atom stereocenters. The number of nitrogens with zero attached hydrogens (tertiary/aromatic N) is 1. The minimum absolute atomic E-state index is 0.0980. The largest absolute Gasteiger partial charge is 0.457 e. The molecule has 0 aliphatic rings. The monoisotopic (exact) mass is 394 g/mol. The summed E-state index contributed by atoms with van der Waals surface area (Å²) < 4.78 is 5.73. The Morgan fingerprint density at radius 3 is 2.11 bits per heavy atom. The van der Waals surface area contributed by atoms with Crippen LogP contribution in [0.15, 0.2) is 78.9 Å². The number of hydrogen-bond donors (Lipinski definition) is 1. The first-order chi connectivity index (χ1) is 13.5. The molecule has 0 unspecified atom stereocenters. The molecule has 3 aromatic rings. The summed E-state index contributed by atoms with van der Waals surface area (Å²) >= 11 is 5.88. The van der Waals surface area contributed by atoms with Crippen LogP contribution in [0.25, 0.3) is 0 Å². The van der Waals surface area contributed by atoms with Gasteiger partial charge in [-0.2, -0.15) is 0 Å². The Bertz CT molecular complexity index is 942. The molecule has 0 heterocycles. The second kappa shape index (κ2) is 9.06. The molecule has 0 saturated heterocycles. The first-order valence-corrected chi connectivity index (χ1v) is 9.05. The van der Waals surface area contributed by atoms with Gasteiger partial charge in [-0.15, -0.1) is 0 Å². The Morgan fingerprint density at radius 2 is 1.50 bits per heavy atom. The molecule has 0 saturated carbocycles. The predicted octanol–water partition coefficient (Wildman–Crippen LogP) is 5.12. The maximum atomic E-state index is 12.4. The Balaban J connectivity index is 1.61. The van der Waals surface area contributed by atoms with Gasteiger partial charge >= 0.3 is 0 Å². The molecule has 142 valence electrons. The van der Waals surface area contributed by atoms with Gasteiger partial charge in [0.05, 0.1) is 0 Å². The first-order valence-electron chi connectivity index (χ1n) is 8.68. The van der Waals surface area contributed by atoms with Gasteiger partial charge < -0.3 is 15.0 Å². The van der Waals surface area contributed by atoms with Crippen LogP contribution in [0.1, 0.15) is 6.92 Å². The Hall–Kier alpha value is -3.31. The summed E-state index contributed by atoms with van der Waals surface area (Å²) in [5, 5.41) is 3.35. The van der Waals surface area contributed by atoms with E-state index in [2.05, 4.69) is 5.32 Å². The zero-order valence-corrected chi connectivity index (χ0v) is 16.0. The maximum Gasteiger partial charge on any atom is 0.244 e. The molecule has 28 heavy (non-hydrogen) atoms. The molecule has 0 bridgehead atoms. The van der Waals surface area contributed by atoms with Gasteiger partial charge in [-0.3, -0.25) is 9.59 Å². The number of carbonyl (C=O) groups excluding carboxylic acids is 2. The van der Waals surface area contributed by atoms with Crippen molar-refractivity contribution >= 4 is 34.8 Å². The predicted molar refractivity (Wildman–Crippen MR) is 111 cm³/mol. The van der Waals surface area contributed by atoms with Crippen LogP contribution in [-0.4, -0.2) is 18.4 Å². The van der Waals surface area contributed by atoms with Crippen molar-refractivity contribution in [1.82, 2.24) is 0 Å². The summed E-state index contributed by atoms with van der Waals surface area (Å²) in [6.07, 6.45) is 0. The van der Waals surface area contributed by atoms with Crippen LogP contribution >= 0.6 is 11.6 Å². The lowest BCUT2D eigenvalue weighted by atomic mass is 10.2. The summed E-state index contributed by atoms with van der Waals surface area (Å²) in [6, 6.07) is 23.2. The van der Waals surface area contributed by atoms with Crippen LogP contribution in [0.5, 0.6) is 11.5 Å². The van der Waals surface area contributed by atoms with Crippen LogP contribution in [0.4, 0.5) is 11.4 Å². The molecule has 6 heteroatoms. The second-order valence-corrected chi connectivity index (χ2v) is 6.51. The van der Waals surface area contributed by atoms with E-state index in [9.17, 15) is 9.59 Å². The highest BCUT2D eigenvalue weighted by Gasteiger charge is 2.16. The number of halogens is 1. The molecular formula is C22H19ClN2O3. The van der Waals surface area contributed by atoms with E-state index in [1.807, 2.05) is 30.3 Å². The van der Waals surface area contributed by atoms with Gasteiger partial charge in [0, 0.05) is 23.3 Å². The molecule has 0 aliphatic carbocycles. The Labute approximate surface area is 168 Å². The van der Waals surface area contributed by atoms with Gasteiger partial charge in [0.25, 0.3) is 0 Å². The molecule has 0 spiro atoms. The minimum atomic E-state index is -0.304. The van der Waals surface area contributed by atoms with Crippen molar-refractivity contribution < 1.29 is 14.3 Å². The third-order valence-corrected chi connectivity index (χ3v) is 4.19. The quantitative estimate of drug-likeness (QED) is 0.631. The molecule has 0 aliphatic heterocycles. The topological polar surface area (TPSA) is 58.6 Å². The van der Waals surface area contributed by atoms with E-state index >= 15 is 0 Å². The molecular weight excluding hydrogens is 376 g/mol. The second-order valence-electron chi connectivity index (χ2n) is 6.07. The summed E-state index contributed by atoms with van der Waals surface area (Å²) in [5.74, 6) is 0.862. The fourth-order valence-corrected chi connectivity index (χ4v) is 2.71. The molecule has 5 nitrogen and oxygen atoms in total. The lowest BCUT2D eigenvalue weighted by Crippen LogP contribution is -2.36. The summed E-state index contributed by atoms with van der Waals surface area (Å²) in [6.45, 7) is 1.32. The summed E-state index contributed by atoms with van der Waals surface area (Å²) in [7, 11) is 0. The number of anilines is 2.